The van der Waals surface area contributed by atoms with Crippen LogP contribution in [-0.4, -0.2) is 53.7 Å². The number of ketones is 1. The van der Waals surface area contributed by atoms with Gasteiger partial charge in [0.1, 0.15) is 17.4 Å². The lowest BCUT2D eigenvalue weighted by Crippen LogP contribution is -2.47. The molecule has 0 saturated carbocycles. The number of phenols is 1. The van der Waals surface area contributed by atoms with Crippen molar-refractivity contribution in [3.05, 3.63) is 29.8 Å². The first kappa shape index (κ1) is 26.9. The number of Topliss-reactive ketones (excluding diaryl/α,β-unsaturated/α-hetero) is 1. The standard InChI is InChI=1S/C23H34N2O7/c1-14(2)20(25-22(30)32-23(3,4)5)18(27)11-12-19(28)24-17(21(29)31-6)13-15-7-9-16(26)10-8-15/h7-10,14,17,20,26H,11-13H2,1-6H3,(H,24,28)(H,25,30)/t17?,20-/m0/s1. The number of rotatable bonds is 10. The van der Waals surface area contributed by atoms with E-state index in [9.17, 15) is 24.3 Å². The van der Waals surface area contributed by atoms with E-state index in [0.29, 0.717) is 0 Å². The van der Waals surface area contributed by atoms with Crippen LogP contribution in [0.25, 0.3) is 0 Å². The zero-order valence-corrected chi connectivity index (χ0v) is 19.6. The third kappa shape index (κ3) is 9.80. The first-order chi connectivity index (χ1) is 14.8. The van der Waals surface area contributed by atoms with E-state index < -0.39 is 35.7 Å². The molecule has 0 heterocycles. The summed E-state index contributed by atoms with van der Waals surface area (Å²) in [5.41, 5.74) is 0.0191. The van der Waals surface area contributed by atoms with Gasteiger partial charge in [-0.15, -0.1) is 0 Å². The largest absolute Gasteiger partial charge is 0.508 e. The summed E-state index contributed by atoms with van der Waals surface area (Å²) < 4.78 is 9.96. The molecule has 0 bridgehead atoms. The van der Waals surface area contributed by atoms with Crippen LogP contribution in [0.5, 0.6) is 5.75 Å². The molecule has 0 spiro atoms. The van der Waals surface area contributed by atoms with Gasteiger partial charge in [-0.25, -0.2) is 9.59 Å². The van der Waals surface area contributed by atoms with E-state index in [-0.39, 0.29) is 36.7 Å². The van der Waals surface area contributed by atoms with Crippen LogP contribution < -0.4 is 10.6 Å². The number of benzene rings is 1. The molecule has 0 aliphatic rings. The molecule has 0 fully saturated rings. The number of ether oxygens (including phenoxy) is 2. The summed E-state index contributed by atoms with van der Waals surface area (Å²) in [6, 6.07) is 4.49. The summed E-state index contributed by atoms with van der Waals surface area (Å²) in [6.45, 7) is 8.73. The van der Waals surface area contributed by atoms with E-state index in [4.69, 9.17) is 9.47 Å². The van der Waals surface area contributed by atoms with Crippen LogP contribution in [-0.2, 0) is 30.3 Å². The Bertz CT molecular complexity index is 798. The van der Waals surface area contributed by atoms with Crippen molar-refractivity contribution in [3.8, 4) is 5.75 Å². The Morgan fingerprint density at radius 2 is 1.59 bits per heavy atom. The molecule has 9 heteroatoms. The molecule has 0 saturated heterocycles. The number of hydrogen-bond donors (Lipinski definition) is 3. The van der Waals surface area contributed by atoms with Crippen LogP contribution in [0.1, 0.15) is 53.0 Å². The van der Waals surface area contributed by atoms with Crippen LogP contribution in [0, 0.1) is 5.92 Å². The highest BCUT2D eigenvalue weighted by Crippen LogP contribution is 2.13. The molecule has 178 valence electrons. The average molecular weight is 451 g/mol. The second kappa shape index (κ2) is 12.1. The van der Waals surface area contributed by atoms with E-state index in [0.717, 1.165) is 5.56 Å². The van der Waals surface area contributed by atoms with Gasteiger partial charge in [0.05, 0.1) is 13.2 Å². The van der Waals surface area contributed by atoms with Crippen molar-refractivity contribution in [2.75, 3.05) is 7.11 Å². The minimum Gasteiger partial charge on any atom is -0.508 e. The maximum atomic E-state index is 12.6. The maximum Gasteiger partial charge on any atom is 0.408 e. The van der Waals surface area contributed by atoms with Crippen LogP contribution >= 0.6 is 0 Å². The third-order valence-corrected chi connectivity index (χ3v) is 4.48. The Hall–Kier alpha value is -3.10. The molecule has 1 aromatic rings. The van der Waals surface area contributed by atoms with E-state index in [1.54, 1.807) is 46.8 Å². The fourth-order valence-corrected chi connectivity index (χ4v) is 2.92. The number of esters is 1. The minimum absolute atomic E-state index is 0.0885. The molecule has 2 amide bonds. The van der Waals surface area contributed by atoms with Gasteiger partial charge in [-0.05, 0) is 44.4 Å². The number of aromatic hydroxyl groups is 1. The number of phenolic OH excluding ortho intramolecular Hbond substituents is 1. The lowest BCUT2D eigenvalue weighted by atomic mass is 9.97. The molecular formula is C23H34N2O7. The molecular weight excluding hydrogens is 416 g/mol. The Balaban J connectivity index is 2.69. The predicted octanol–water partition coefficient (Wildman–Crippen LogP) is 2.49. The van der Waals surface area contributed by atoms with Gasteiger partial charge in [-0.1, -0.05) is 26.0 Å². The SMILES string of the molecule is COC(=O)C(Cc1ccc(O)cc1)NC(=O)CCC(=O)[C@@H](NC(=O)OC(C)(C)C)C(C)C. The van der Waals surface area contributed by atoms with Gasteiger partial charge in [0.15, 0.2) is 5.78 Å². The molecule has 0 aliphatic heterocycles. The zero-order valence-electron chi connectivity index (χ0n) is 19.6. The number of carbonyl (C=O) groups excluding carboxylic acids is 4. The van der Waals surface area contributed by atoms with Crippen molar-refractivity contribution >= 4 is 23.8 Å². The quantitative estimate of drug-likeness (QED) is 0.467. The van der Waals surface area contributed by atoms with Gasteiger partial charge in [0.25, 0.3) is 0 Å². The van der Waals surface area contributed by atoms with E-state index in [2.05, 4.69) is 10.6 Å². The van der Waals surface area contributed by atoms with Gasteiger partial charge < -0.3 is 25.2 Å². The predicted molar refractivity (Wildman–Crippen MR) is 118 cm³/mol. The van der Waals surface area contributed by atoms with E-state index in [1.165, 1.54) is 19.2 Å². The number of methoxy groups -OCH3 is 1. The average Bonchev–Trinajstić information content (AvgIpc) is 2.69. The first-order valence-electron chi connectivity index (χ1n) is 10.5. The van der Waals surface area contributed by atoms with E-state index in [1.807, 2.05) is 0 Å². The normalized spacial score (nSPS) is 13.1. The molecule has 32 heavy (non-hydrogen) atoms. The lowest BCUT2D eigenvalue weighted by Gasteiger charge is -2.25. The van der Waals surface area contributed by atoms with Crippen molar-refractivity contribution in [2.45, 2.75) is 71.6 Å². The number of amides is 2. The molecule has 0 aliphatic carbocycles. The summed E-state index contributed by atoms with van der Waals surface area (Å²) in [6.07, 6.45) is -0.797. The summed E-state index contributed by atoms with van der Waals surface area (Å²) in [7, 11) is 1.22. The number of hydrogen-bond acceptors (Lipinski definition) is 7. The molecule has 9 nitrogen and oxygen atoms in total. The number of nitrogens with one attached hydrogen (secondary N) is 2. The fourth-order valence-electron chi connectivity index (χ4n) is 2.92. The van der Waals surface area contributed by atoms with Gasteiger partial charge >= 0.3 is 12.1 Å². The topological polar surface area (TPSA) is 131 Å². The monoisotopic (exact) mass is 450 g/mol. The van der Waals surface area contributed by atoms with Crippen LogP contribution in [0.3, 0.4) is 0 Å². The maximum absolute atomic E-state index is 12.6. The van der Waals surface area contributed by atoms with Gasteiger partial charge in [0, 0.05) is 19.3 Å². The Kier molecular flexibility index (Phi) is 10.2. The Morgan fingerprint density at radius 3 is 2.09 bits per heavy atom. The smallest absolute Gasteiger partial charge is 0.408 e. The minimum atomic E-state index is -0.937. The lowest BCUT2D eigenvalue weighted by molar-refractivity contribution is -0.145. The van der Waals surface area contributed by atoms with Crippen molar-refractivity contribution < 1.29 is 33.8 Å². The van der Waals surface area contributed by atoms with Crippen LogP contribution in [0.2, 0.25) is 0 Å². The molecule has 1 rings (SSSR count). The Labute approximate surface area is 188 Å². The third-order valence-electron chi connectivity index (χ3n) is 4.48. The summed E-state index contributed by atoms with van der Waals surface area (Å²) >= 11 is 0. The van der Waals surface area contributed by atoms with Crippen LogP contribution in [0.4, 0.5) is 4.79 Å². The highest BCUT2D eigenvalue weighted by atomic mass is 16.6. The number of alkyl carbamates (subject to hydrolysis) is 1. The van der Waals surface area contributed by atoms with Crippen molar-refractivity contribution in [1.82, 2.24) is 10.6 Å². The van der Waals surface area contributed by atoms with Gasteiger partial charge in [-0.3, -0.25) is 9.59 Å². The van der Waals surface area contributed by atoms with E-state index >= 15 is 0 Å². The Morgan fingerprint density at radius 1 is 1.00 bits per heavy atom. The second-order valence-corrected chi connectivity index (χ2v) is 8.85. The highest BCUT2D eigenvalue weighted by Gasteiger charge is 2.28. The summed E-state index contributed by atoms with van der Waals surface area (Å²) in [4.78, 5) is 49.1. The molecule has 2 atom stereocenters. The summed E-state index contributed by atoms with van der Waals surface area (Å²) in [5.74, 6) is -1.54. The molecule has 0 aromatic heterocycles. The molecule has 1 aromatic carbocycles. The molecule has 1 unspecified atom stereocenters. The highest BCUT2D eigenvalue weighted by molar-refractivity contribution is 5.91. The fraction of sp³-hybridized carbons (Fsp3) is 0.565. The van der Waals surface area contributed by atoms with Gasteiger partial charge in [-0.2, -0.15) is 0 Å². The summed E-state index contributed by atoms with van der Waals surface area (Å²) in [5, 5.41) is 14.5. The van der Waals surface area contributed by atoms with Crippen molar-refractivity contribution in [2.24, 2.45) is 5.92 Å². The second-order valence-electron chi connectivity index (χ2n) is 8.85. The number of carbonyl (C=O) groups is 4. The van der Waals surface area contributed by atoms with Crippen molar-refractivity contribution in [1.29, 1.82) is 0 Å². The van der Waals surface area contributed by atoms with Gasteiger partial charge in [0.2, 0.25) is 5.91 Å². The molecule has 0 radical (unpaired) electrons. The van der Waals surface area contributed by atoms with Crippen molar-refractivity contribution in [3.63, 3.8) is 0 Å². The van der Waals surface area contributed by atoms with Crippen LogP contribution in [0.15, 0.2) is 24.3 Å². The first-order valence-corrected chi connectivity index (χ1v) is 10.5. The zero-order chi connectivity index (χ0) is 24.5. The molecule has 3 N–H and O–H groups in total.